The van der Waals surface area contributed by atoms with Crippen molar-refractivity contribution in [3.8, 4) is 22.8 Å². The summed E-state index contributed by atoms with van der Waals surface area (Å²) < 4.78 is 16.0. The second-order valence-electron chi connectivity index (χ2n) is 6.66. The molecular weight excluding hydrogens is 432 g/mol. The van der Waals surface area contributed by atoms with Gasteiger partial charge in [0.25, 0.3) is 0 Å². The van der Waals surface area contributed by atoms with Crippen LogP contribution >= 0.6 is 23.3 Å². The molecule has 2 aromatic heterocycles. The number of fused-ring (bicyclic) bond motifs is 1. The van der Waals surface area contributed by atoms with Crippen LogP contribution in [0.2, 0.25) is 0 Å². The predicted molar refractivity (Wildman–Crippen MR) is 124 cm³/mol. The van der Waals surface area contributed by atoms with Crippen molar-refractivity contribution >= 4 is 45.1 Å². The molecule has 0 aliphatic rings. The van der Waals surface area contributed by atoms with Gasteiger partial charge >= 0.3 is 0 Å². The first kappa shape index (κ1) is 21.1. The lowest BCUT2D eigenvalue weighted by Gasteiger charge is -2.10. The number of methoxy groups -OCH3 is 2. The molecule has 0 saturated heterocycles. The summed E-state index contributed by atoms with van der Waals surface area (Å²) in [4.78, 5) is 21.3. The third kappa shape index (κ3) is 4.62. The second kappa shape index (κ2) is 9.32. The Labute approximate surface area is 188 Å². The molecule has 0 bridgehead atoms. The Hall–Kier alpha value is -3.17. The molecule has 0 unspecified atom stereocenters. The minimum Gasteiger partial charge on any atom is -0.497 e. The van der Waals surface area contributed by atoms with Crippen molar-refractivity contribution in [2.24, 2.45) is 0 Å². The van der Waals surface area contributed by atoms with Crippen molar-refractivity contribution in [1.29, 1.82) is 0 Å². The quantitative estimate of drug-likeness (QED) is 0.318. The molecule has 0 spiro atoms. The molecule has 31 heavy (non-hydrogen) atoms. The highest BCUT2D eigenvalue weighted by Crippen LogP contribution is 2.35. The number of amides is 1. The number of carbonyl (C=O) groups is 1. The van der Waals surface area contributed by atoms with Crippen LogP contribution in [0.1, 0.15) is 5.56 Å². The van der Waals surface area contributed by atoms with Gasteiger partial charge in [0.2, 0.25) is 5.91 Å². The molecule has 0 fully saturated rings. The van der Waals surface area contributed by atoms with Crippen LogP contribution in [0.25, 0.3) is 21.5 Å². The minimum absolute atomic E-state index is 0.138. The topological polar surface area (TPSA) is 86.2 Å². The summed E-state index contributed by atoms with van der Waals surface area (Å²) in [6.45, 7) is 1.96. The van der Waals surface area contributed by atoms with E-state index in [0.29, 0.717) is 11.4 Å². The first-order chi connectivity index (χ1) is 15.1. The van der Waals surface area contributed by atoms with Gasteiger partial charge in [-0.05, 0) is 60.4 Å². The number of thioether (sulfide) groups is 1. The van der Waals surface area contributed by atoms with Crippen LogP contribution in [0, 0.1) is 6.92 Å². The molecule has 1 N–H and O–H groups in total. The molecule has 4 aromatic rings. The Morgan fingerprint density at radius 2 is 1.90 bits per heavy atom. The van der Waals surface area contributed by atoms with Gasteiger partial charge in [-0.3, -0.25) is 4.79 Å². The highest BCUT2D eigenvalue weighted by Gasteiger charge is 2.16. The Bertz CT molecular complexity index is 1230. The van der Waals surface area contributed by atoms with Crippen LogP contribution in [0.5, 0.6) is 11.5 Å². The Morgan fingerprint density at radius 3 is 2.65 bits per heavy atom. The van der Waals surface area contributed by atoms with Gasteiger partial charge in [0, 0.05) is 5.56 Å². The monoisotopic (exact) mass is 452 g/mol. The van der Waals surface area contributed by atoms with Crippen molar-refractivity contribution in [1.82, 2.24) is 14.3 Å². The number of hydrogen-bond acceptors (Lipinski definition) is 8. The Morgan fingerprint density at radius 1 is 1.10 bits per heavy atom. The summed E-state index contributed by atoms with van der Waals surface area (Å²) in [7, 11) is 3.21. The summed E-state index contributed by atoms with van der Waals surface area (Å²) in [5, 5.41) is 3.64. The van der Waals surface area contributed by atoms with E-state index in [-0.39, 0.29) is 11.7 Å². The third-order valence-electron chi connectivity index (χ3n) is 4.56. The van der Waals surface area contributed by atoms with Crippen molar-refractivity contribution in [2.45, 2.75) is 11.9 Å². The number of nitrogens with zero attached hydrogens (tertiary/aromatic N) is 3. The lowest BCUT2D eigenvalue weighted by Crippen LogP contribution is -2.15. The molecule has 7 nitrogen and oxygen atoms in total. The number of carbonyl (C=O) groups excluding carboxylic acids is 1. The Kier molecular flexibility index (Phi) is 6.34. The van der Waals surface area contributed by atoms with Gasteiger partial charge in [-0.1, -0.05) is 17.8 Å². The van der Waals surface area contributed by atoms with Crippen LogP contribution in [0.15, 0.2) is 53.8 Å². The van der Waals surface area contributed by atoms with Crippen molar-refractivity contribution in [3.63, 3.8) is 0 Å². The van der Waals surface area contributed by atoms with E-state index in [4.69, 9.17) is 9.47 Å². The van der Waals surface area contributed by atoms with Gasteiger partial charge in [0.1, 0.15) is 38.8 Å². The highest BCUT2D eigenvalue weighted by atomic mass is 32.2. The summed E-state index contributed by atoms with van der Waals surface area (Å²) in [5.41, 5.74) is 4.21. The van der Waals surface area contributed by atoms with Crippen LogP contribution < -0.4 is 14.8 Å². The van der Waals surface area contributed by atoms with Crippen molar-refractivity contribution in [3.05, 3.63) is 54.4 Å². The van der Waals surface area contributed by atoms with Crippen molar-refractivity contribution < 1.29 is 14.3 Å². The molecule has 2 heterocycles. The maximum atomic E-state index is 12.5. The molecule has 0 aliphatic heterocycles. The summed E-state index contributed by atoms with van der Waals surface area (Å²) in [6.07, 6.45) is 1.51. The van der Waals surface area contributed by atoms with Gasteiger partial charge < -0.3 is 14.8 Å². The van der Waals surface area contributed by atoms with E-state index in [2.05, 4.69) is 19.7 Å². The van der Waals surface area contributed by atoms with Crippen molar-refractivity contribution in [2.75, 3.05) is 25.3 Å². The zero-order chi connectivity index (χ0) is 21.8. The zero-order valence-corrected chi connectivity index (χ0v) is 18.8. The number of ether oxygens (including phenoxy) is 2. The lowest BCUT2D eigenvalue weighted by atomic mass is 10.1. The third-order valence-corrected chi connectivity index (χ3v) is 6.52. The number of hydrogen-bond donors (Lipinski definition) is 1. The first-order valence-corrected chi connectivity index (χ1v) is 11.2. The molecule has 1 amide bonds. The SMILES string of the molecule is COc1ccc(-c2nsc3c(SCC(=O)Nc4cc(C)ccc4OC)ncnc23)cc1. The van der Waals surface area contributed by atoms with E-state index >= 15 is 0 Å². The summed E-state index contributed by atoms with van der Waals surface area (Å²) >= 11 is 2.69. The lowest BCUT2D eigenvalue weighted by molar-refractivity contribution is -0.113. The van der Waals surface area contributed by atoms with Gasteiger partial charge in [-0.15, -0.1) is 0 Å². The fourth-order valence-electron chi connectivity index (χ4n) is 3.02. The van der Waals surface area contributed by atoms with Gasteiger partial charge in [0.05, 0.1) is 25.7 Å². The van der Waals surface area contributed by atoms with Gasteiger partial charge in [-0.25, -0.2) is 9.97 Å². The predicted octanol–water partition coefficient (Wildman–Crippen LogP) is 4.81. The van der Waals surface area contributed by atoms with Gasteiger partial charge in [-0.2, -0.15) is 4.37 Å². The maximum Gasteiger partial charge on any atom is 0.234 e. The molecule has 0 atom stereocenters. The number of nitrogens with one attached hydrogen (secondary N) is 1. The number of aromatic nitrogens is 3. The summed E-state index contributed by atoms with van der Waals surface area (Å²) in [5.74, 6) is 1.48. The average Bonchev–Trinajstić information content (AvgIpc) is 3.23. The van der Waals surface area contributed by atoms with Crippen LogP contribution in [-0.4, -0.2) is 40.2 Å². The Balaban J connectivity index is 1.51. The number of benzene rings is 2. The largest absolute Gasteiger partial charge is 0.497 e. The van der Waals surface area contributed by atoms with Crippen LogP contribution in [0.4, 0.5) is 5.69 Å². The zero-order valence-electron chi connectivity index (χ0n) is 17.2. The normalized spacial score (nSPS) is 10.8. The number of anilines is 1. The fourth-order valence-corrected chi connectivity index (χ4v) is 4.74. The van der Waals surface area contributed by atoms with Crippen LogP contribution in [0.3, 0.4) is 0 Å². The van der Waals surface area contributed by atoms with Crippen LogP contribution in [-0.2, 0) is 4.79 Å². The second-order valence-corrected chi connectivity index (χ2v) is 8.39. The maximum absolute atomic E-state index is 12.5. The molecule has 0 radical (unpaired) electrons. The molecular formula is C22H20N4O3S2. The van der Waals surface area contributed by atoms with E-state index in [1.165, 1.54) is 29.6 Å². The molecule has 9 heteroatoms. The van der Waals surface area contributed by atoms with Gasteiger partial charge in [0.15, 0.2) is 0 Å². The number of rotatable bonds is 7. The minimum atomic E-state index is -0.138. The number of aryl methyl sites for hydroxylation is 1. The fraction of sp³-hybridized carbons (Fsp3) is 0.182. The molecule has 4 rings (SSSR count). The van der Waals surface area contributed by atoms with E-state index in [0.717, 1.165) is 37.8 Å². The van der Waals surface area contributed by atoms with E-state index in [9.17, 15) is 4.79 Å². The molecule has 0 saturated carbocycles. The first-order valence-electron chi connectivity index (χ1n) is 9.41. The molecule has 2 aromatic carbocycles. The standard InChI is InChI=1S/C22H20N4O3S2/c1-13-4-9-17(29-3)16(10-13)25-18(27)11-30-22-21-20(23-12-24-22)19(26-31-21)14-5-7-15(28-2)8-6-14/h4-10,12H,11H2,1-3H3,(H,25,27). The smallest absolute Gasteiger partial charge is 0.234 e. The molecule has 158 valence electrons. The van der Waals surface area contributed by atoms with E-state index in [1.807, 2.05) is 49.4 Å². The summed E-state index contributed by atoms with van der Waals surface area (Å²) in [6, 6.07) is 13.3. The van der Waals surface area contributed by atoms with E-state index in [1.54, 1.807) is 14.2 Å². The average molecular weight is 453 g/mol. The highest BCUT2D eigenvalue weighted by molar-refractivity contribution is 8.00. The molecule has 0 aliphatic carbocycles. The van der Waals surface area contributed by atoms with E-state index < -0.39 is 0 Å².